The summed E-state index contributed by atoms with van der Waals surface area (Å²) in [5.74, 6) is 1.01. The molecule has 0 N–H and O–H groups in total. The molecule has 0 heterocycles. The predicted octanol–water partition coefficient (Wildman–Crippen LogP) is 5.02. The molecule has 0 radical (unpaired) electrons. The Labute approximate surface area is 108 Å². The van der Waals surface area contributed by atoms with Gasteiger partial charge in [0.1, 0.15) is 5.82 Å². The number of allylic oxidation sites excluding steroid dienone is 2. The second-order valence-electron chi connectivity index (χ2n) is 5.07. The minimum atomic E-state index is -0.262. The predicted molar refractivity (Wildman–Crippen MR) is 70.8 cm³/mol. The molecule has 0 amide bonds. The number of hydrogen-bond acceptors (Lipinski definition) is 0. The zero-order valence-corrected chi connectivity index (χ0v) is 10.6. The number of halogens is 2. The quantitative estimate of drug-likeness (QED) is 0.658. The maximum Gasteiger partial charge on any atom is 0.123 e. The minimum Gasteiger partial charge on any atom is -0.251 e. The van der Waals surface area contributed by atoms with Gasteiger partial charge in [-0.05, 0) is 61.6 Å². The average molecular weight is 250 g/mol. The van der Waals surface area contributed by atoms with Crippen molar-refractivity contribution in [3.8, 4) is 0 Å². The van der Waals surface area contributed by atoms with Crippen LogP contribution < -0.4 is 0 Å². The van der Waals surface area contributed by atoms with E-state index in [0.29, 0.717) is 18.3 Å². The fraction of sp³-hybridized carbons (Fsp3) is 0.500. The minimum absolute atomic E-state index is 0.165. The Morgan fingerprint density at radius 2 is 1.72 bits per heavy atom. The van der Waals surface area contributed by atoms with Crippen molar-refractivity contribution in [3.05, 3.63) is 47.8 Å². The van der Waals surface area contributed by atoms with Crippen LogP contribution in [-0.4, -0.2) is 6.67 Å². The van der Waals surface area contributed by atoms with E-state index >= 15 is 0 Å². The summed E-state index contributed by atoms with van der Waals surface area (Å²) in [6.45, 7) is -0.262. The molecule has 1 aliphatic carbocycles. The first-order valence-electron chi connectivity index (χ1n) is 6.77. The number of alkyl halides is 1. The summed E-state index contributed by atoms with van der Waals surface area (Å²) in [5, 5.41) is 0. The van der Waals surface area contributed by atoms with E-state index in [2.05, 4.69) is 6.08 Å². The van der Waals surface area contributed by atoms with Gasteiger partial charge in [0, 0.05) is 0 Å². The number of hydrogen-bond donors (Lipinski definition) is 0. The van der Waals surface area contributed by atoms with Crippen LogP contribution in [0.4, 0.5) is 8.78 Å². The molecular formula is C16H20F2. The SMILES string of the molecule is FCCC=C[C@H]1CC[C@H](c2ccc(F)cc2)CC1. The lowest BCUT2D eigenvalue weighted by atomic mass is 9.78. The highest BCUT2D eigenvalue weighted by atomic mass is 19.1. The first-order chi connectivity index (χ1) is 8.79. The first-order valence-corrected chi connectivity index (χ1v) is 6.77. The fourth-order valence-corrected chi connectivity index (χ4v) is 2.73. The van der Waals surface area contributed by atoms with Gasteiger partial charge in [0.25, 0.3) is 0 Å². The molecule has 0 saturated heterocycles. The summed E-state index contributed by atoms with van der Waals surface area (Å²) in [4.78, 5) is 0. The number of rotatable bonds is 4. The molecule has 1 aromatic carbocycles. The maximum atomic E-state index is 12.8. The molecule has 0 aliphatic heterocycles. The van der Waals surface area contributed by atoms with Crippen molar-refractivity contribution < 1.29 is 8.78 Å². The molecule has 0 unspecified atom stereocenters. The summed E-state index contributed by atoms with van der Waals surface area (Å²) in [5.41, 5.74) is 1.25. The van der Waals surface area contributed by atoms with E-state index in [1.54, 1.807) is 12.1 Å². The molecule has 2 heteroatoms. The summed E-state index contributed by atoms with van der Waals surface area (Å²) in [6, 6.07) is 6.89. The van der Waals surface area contributed by atoms with Crippen LogP contribution in [0.3, 0.4) is 0 Å². The van der Waals surface area contributed by atoms with E-state index < -0.39 is 0 Å². The normalized spacial score (nSPS) is 24.6. The second-order valence-corrected chi connectivity index (χ2v) is 5.07. The Kier molecular flexibility index (Phi) is 4.91. The Bertz CT molecular complexity index is 373. The van der Waals surface area contributed by atoms with E-state index in [4.69, 9.17) is 0 Å². The van der Waals surface area contributed by atoms with Crippen LogP contribution in [0, 0.1) is 11.7 Å². The van der Waals surface area contributed by atoms with Crippen LogP contribution in [0.15, 0.2) is 36.4 Å². The highest BCUT2D eigenvalue weighted by Crippen LogP contribution is 2.36. The molecule has 0 aromatic heterocycles. The van der Waals surface area contributed by atoms with E-state index in [-0.39, 0.29) is 12.5 Å². The van der Waals surface area contributed by atoms with Gasteiger partial charge in [0.15, 0.2) is 0 Å². The molecule has 1 fully saturated rings. The van der Waals surface area contributed by atoms with Gasteiger partial charge in [-0.25, -0.2) is 4.39 Å². The van der Waals surface area contributed by atoms with Gasteiger partial charge >= 0.3 is 0 Å². The third kappa shape index (κ3) is 3.66. The van der Waals surface area contributed by atoms with Crippen molar-refractivity contribution in [2.24, 2.45) is 5.92 Å². The highest BCUT2D eigenvalue weighted by molar-refractivity contribution is 5.21. The van der Waals surface area contributed by atoms with E-state index in [1.807, 2.05) is 18.2 Å². The highest BCUT2D eigenvalue weighted by Gasteiger charge is 2.20. The zero-order valence-electron chi connectivity index (χ0n) is 10.6. The topological polar surface area (TPSA) is 0 Å². The van der Waals surface area contributed by atoms with Crippen molar-refractivity contribution >= 4 is 0 Å². The molecule has 0 nitrogen and oxygen atoms in total. The summed E-state index contributed by atoms with van der Waals surface area (Å²) < 4.78 is 24.8. The molecular weight excluding hydrogens is 230 g/mol. The largest absolute Gasteiger partial charge is 0.251 e. The van der Waals surface area contributed by atoms with E-state index in [0.717, 1.165) is 25.7 Å². The van der Waals surface area contributed by atoms with Crippen molar-refractivity contribution in [2.75, 3.05) is 6.67 Å². The molecule has 1 aromatic rings. The van der Waals surface area contributed by atoms with Crippen LogP contribution in [0.5, 0.6) is 0 Å². The summed E-state index contributed by atoms with van der Waals surface area (Å²) >= 11 is 0. The Hall–Kier alpha value is -1.18. The summed E-state index contributed by atoms with van der Waals surface area (Å²) in [7, 11) is 0. The zero-order chi connectivity index (χ0) is 12.8. The fourth-order valence-electron chi connectivity index (χ4n) is 2.73. The molecule has 0 spiro atoms. The lowest BCUT2D eigenvalue weighted by molar-refractivity contribution is 0.374. The van der Waals surface area contributed by atoms with Crippen LogP contribution in [0.1, 0.15) is 43.6 Å². The van der Waals surface area contributed by atoms with Crippen molar-refractivity contribution in [2.45, 2.75) is 38.0 Å². The third-order valence-corrected chi connectivity index (χ3v) is 3.80. The average Bonchev–Trinajstić information content (AvgIpc) is 2.41. The van der Waals surface area contributed by atoms with Crippen LogP contribution >= 0.6 is 0 Å². The third-order valence-electron chi connectivity index (χ3n) is 3.80. The van der Waals surface area contributed by atoms with Crippen LogP contribution in [0.2, 0.25) is 0 Å². The Morgan fingerprint density at radius 1 is 1.06 bits per heavy atom. The van der Waals surface area contributed by atoms with Crippen LogP contribution in [0.25, 0.3) is 0 Å². The molecule has 0 atom stereocenters. The van der Waals surface area contributed by atoms with Crippen molar-refractivity contribution in [3.63, 3.8) is 0 Å². The van der Waals surface area contributed by atoms with Gasteiger partial charge in [-0.1, -0.05) is 24.3 Å². The van der Waals surface area contributed by atoms with Gasteiger partial charge < -0.3 is 0 Å². The van der Waals surface area contributed by atoms with Gasteiger partial charge in [0.05, 0.1) is 6.67 Å². The molecule has 98 valence electrons. The van der Waals surface area contributed by atoms with Gasteiger partial charge in [0.2, 0.25) is 0 Å². The van der Waals surface area contributed by atoms with Crippen molar-refractivity contribution in [1.82, 2.24) is 0 Å². The smallest absolute Gasteiger partial charge is 0.123 e. The molecule has 1 aliphatic rings. The maximum absolute atomic E-state index is 12.8. The van der Waals surface area contributed by atoms with Crippen LogP contribution in [-0.2, 0) is 0 Å². The van der Waals surface area contributed by atoms with Gasteiger partial charge in [-0.15, -0.1) is 0 Å². The lowest BCUT2D eigenvalue weighted by Crippen LogP contribution is -2.11. The number of benzene rings is 1. The molecule has 18 heavy (non-hydrogen) atoms. The molecule has 0 bridgehead atoms. The van der Waals surface area contributed by atoms with E-state index in [9.17, 15) is 8.78 Å². The lowest BCUT2D eigenvalue weighted by Gasteiger charge is -2.27. The molecule has 1 saturated carbocycles. The van der Waals surface area contributed by atoms with Gasteiger partial charge in [-0.2, -0.15) is 0 Å². The molecule has 2 rings (SSSR count). The first kappa shape index (κ1) is 13.3. The monoisotopic (exact) mass is 250 g/mol. The standard InChI is InChI=1S/C16H20F2/c17-12-2-1-3-13-4-6-14(7-5-13)15-8-10-16(18)11-9-15/h1,3,8-11,13-14H,2,4-7,12H2/t13-,14-. The Balaban J connectivity index is 1.84. The van der Waals surface area contributed by atoms with Crippen molar-refractivity contribution in [1.29, 1.82) is 0 Å². The van der Waals surface area contributed by atoms with Gasteiger partial charge in [-0.3, -0.25) is 4.39 Å². The van der Waals surface area contributed by atoms with E-state index in [1.165, 1.54) is 5.56 Å². The second kappa shape index (κ2) is 6.67. The summed E-state index contributed by atoms with van der Waals surface area (Å²) in [6.07, 6.45) is 9.28. The Morgan fingerprint density at radius 3 is 2.33 bits per heavy atom.